The van der Waals surface area contributed by atoms with Gasteiger partial charge in [0.15, 0.2) is 4.34 Å². The second-order valence-corrected chi connectivity index (χ2v) is 8.70. The molecule has 1 amide bonds. The fourth-order valence-corrected chi connectivity index (χ4v) is 4.50. The number of nitrogens with one attached hydrogen (secondary N) is 1. The van der Waals surface area contributed by atoms with Crippen molar-refractivity contribution in [3.8, 4) is 0 Å². The smallest absolute Gasteiger partial charge is 0.337 e. The van der Waals surface area contributed by atoms with Crippen LogP contribution in [0.15, 0.2) is 40.7 Å². The molecule has 9 heteroatoms. The van der Waals surface area contributed by atoms with E-state index in [-0.39, 0.29) is 11.9 Å². The number of anilines is 1. The number of amides is 1. The van der Waals surface area contributed by atoms with Crippen LogP contribution in [0.25, 0.3) is 0 Å². The van der Waals surface area contributed by atoms with E-state index in [2.05, 4.69) is 20.3 Å². The summed E-state index contributed by atoms with van der Waals surface area (Å²) >= 11 is 4.29. The SMILES string of the molecule is COC(=O)c1ccc(CSc2nnc(NC(=O)c3ccc(C)s3)s2)cc1. The van der Waals surface area contributed by atoms with Crippen LogP contribution in [0.4, 0.5) is 5.13 Å². The highest BCUT2D eigenvalue weighted by Crippen LogP contribution is 2.29. The van der Waals surface area contributed by atoms with Crippen LogP contribution in [0.3, 0.4) is 0 Å². The Labute approximate surface area is 162 Å². The van der Waals surface area contributed by atoms with Crippen molar-refractivity contribution < 1.29 is 14.3 Å². The van der Waals surface area contributed by atoms with Gasteiger partial charge in [-0.25, -0.2) is 4.79 Å². The molecule has 0 aliphatic heterocycles. The quantitative estimate of drug-likeness (QED) is 0.375. The third-order valence-corrected chi connectivity index (χ3v) is 6.37. The summed E-state index contributed by atoms with van der Waals surface area (Å²) in [5.74, 6) is 0.164. The number of thioether (sulfide) groups is 1. The molecule has 0 aliphatic carbocycles. The van der Waals surface area contributed by atoms with Gasteiger partial charge in [-0.05, 0) is 36.8 Å². The highest BCUT2D eigenvalue weighted by molar-refractivity contribution is 8.00. The predicted molar refractivity (Wildman–Crippen MR) is 104 cm³/mol. The number of carbonyl (C=O) groups is 2. The molecule has 0 radical (unpaired) electrons. The Morgan fingerprint density at radius 2 is 1.88 bits per heavy atom. The summed E-state index contributed by atoms with van der Waals surface area (Å²) in [6.07, 6.45) is 0. The Hall–Kier alpha value is -2.23. The van der Waals surface area contributed by atoms with Crippen molar-refractivity contribution in [2.75, 3.05) is 12.4 Å². The number of methoxy groups -OCH3 is 1. The molecule has 1 aromatic carbocycles. The highest BCUT2D eigenvalue weighted by Gasteiger charge is 2.12. The third-order valence-electron chi connectivity index (χ3n) is 3.33. The number of hydrogen-bond donors (Lipinski definition) is 1. The van der Waals surface area contributed by atoms with Crippen LogP contribution >= 0.6 is 34.4 Å². The molecule has 134 valence electrons. The van der Waals surface area contributed by atoms with Gasteiger partial charge in [-0.3, -0.25) is 10.1 Å². The van der Waals surface area contributed by atoms with Crippen molar-refractivity contribution in [3.05, 3.63) is 57.3 Å². The maximum Gasteiger partial charge on any atom is 0.337 e. The van der Waals surface area contributed by atoms with Gasteiger partial charge >= 0.3 is 5.97 Å². The molecule has 0 fully saturated rings. The number of thiophene rings is 1. The summed E-state index contributed by atoms with van der Waals surface area (Å²) in [5, 5.41) is 11.3. The largest absolute Gasteiger partial charge is 0.465 e. The van der Waals surface area contributed by atoms with Gasteiger partial charge in [0, 0.05) is 10.6 Å². The maximum absolute atomic E-state index is 12.1. The topological polar surface area (TPSA) is 81.2 Å². The number of nitrogens with zero attached hydrogens (tertiary/aromatic N) is 2. The van der Waals surface area contributed by atoms with Gasteiger partial charge in [-0.2, -0.15) is 0 Å². The summed E-state index contributed by atoms with van der Waals surface area (Å²) in [4.78, 5) is 25.3. The summed E-state index contributed by atoms with van der Waals surface area (Å²) in [6, 6.07) is 10.9. The minimum atomic E-state index is -0.352. The number of aryl methyl sites for hydroxylation is 1. The molecule has 2 aromatic heterocycles. The van der Waals surface area contributed by atoms with Gasteiger partial charge in [0.1, 0.15) is 0 Å². The van der Waals surface area contributed by atoms with Crippen LogP contribution in [-0.4, -0.2) is 29.2 Å². The van der Waals surface area contributed by atoms with E-state index in [1.54, 1.807) is 18.2 Å². The summed E-state index contributed by atoms with van der Waals surface area (Å²) in [5.41, 5.74) is 1.57. The molecular formula is C17H15N3O3S3. The number of carbonyl (C=O) groups excluding carboxylic acids is 2. The second-order valence-electron chi connectivity index (χ2n) is 5.21. The average Bonchev–Trinajstić information content (AvgIpc) is 3.28. The minimum absolute atomic E-state index is 0.172. The van der Waals surface area contributed by atoms with Gasteiger partial charge in [0.05, 0.1) is 17.6 Å². The molecule has 1 N–H and O–H groups in total. The summed E-state index contributed by atoms with van der Waals surface area (Å²) in [6.45, 7) is 1.96. The first-order chi connectivity index (χ1) is 12.5. The summed E-state index contributed by atoms with van der Waals surface area (Å²) in [7, 11) is 1.36. The van der Waals surface area contributed by atoms with E-state index in [0.717, 1.165) is 14.8 Å². The van der Waals surface area contributed by atoms with Gasteiger partial charge in [-0.1, -0.05) is 35.2 Å². The lowest BCUT2D eigenvalue weighted by Crippen LogP contribution is -2.09. The van der Waals surface area contributed by atoms with E-state index in [0.29, 0.717) is 21.3 Å². The summed E-state index contributed by atoms with van der Waals surface area (Å²) < 4.78 is 5.44. The van der Waals surface area contributed by atoms with Crippen molar-refractivity contribution in [3.63, 3.8) is 0 Å². The minimum Gasteiger partial charge on any atom is -0.465 e. The molecule has 0 spiro atoms. The number of esters is 1. The lowest BCUT2D eigenvalue weighted by Gasteiger charge is -2.01. The third kappa shape index (κ3) is 4.69. The van der Waals surface area contributed by atoms with E-state index in [4.69, 9.17) is 0 Å². The average molecular weight is 406 g/mol. The van der Waals surface area contributed by atoms with E-state index < -0.39 is 0 Å². The Morgan fingerprint density at radius 3 is 2.54 bits per heavy atom. The lowest BCUT2D eigenvalue weighted by atomic mass is 10.1. The fourth-order valence-electron chi connectivity index (χ4n) is 2.03. The van der Waals surface area contributed by atoms with Gasteiger partial charge < -0.3 is 4.74 Å². The van der Waals surface area contributed by atoms with Crippen molar-refractivity contribution in [2.45, 2.75) is 17.0 Å². The predicted octanol–water partition coefficient (Wildman–Crippen LogP) is 4.24. The van der Waals surface area contributed by atoms with Crippen LogP contribution < -0.4 is 5.32 Å². The van der Waals surface area contributed by atoms with Crippen LogP contribution in [0.5, 0.6) is 0 Å². The highest BCUT2D eigenvalue weighted by atomic mass is 32.2. The Morgan fingerprint density at radius 1 is 1.12 bits per heavy atom. The molecular weight excluding hydrogens is 390 g/mol. The monoisotopic (exact) mass is 405 g/mol. The first-order valence-corrected chi connectivity index (χ1v) is 10.2. The molecule has 0 saturated carbocycles. The van der Waals surface area contributed by atoms with Crippen molar-refractivity contribution in [2.24, 2.45) is 0 Å². The van der Waals surface area contributed by atoms with Crippen LogP contribution in [0, 0.1) is 6.92 Å². The molecule has 3 aromatic rings. The van der Waals surface area contributed by atoms with Gasteiger partial charge in [0.2, 0.25) is 5.13 Å². The zero-order valence-corrected chi connectivity index (χ0v) is 16.5. The van der Waals surface area contributed by atoms with E-state index >= 15 is 0 Å². The molecule has 0 unspecified atom stereocenters. The molecule has 6 nitrogen and oxygen atoms in total. The van der Waals surface area contributed by atoms with E-state index in [9.17, 15) is 9.59 Å². The van der Waals surface area contributed by atoms with Crippen molar-refractivity contribution in [1.82, 2.24) is 10.2 Å². The zero-order chi connectivity index (χ0) is 18.5. The number of aromatic nitrogens is 2. The van der Waals surface area contributed by atoms with Gasteiger partial charge in [0.25, 0.3) is 5.91 Å². The van der Waals surface area contributed by atoms with Crippen LogP contribution in [0.2, 0.25) is 0 Å². The number of ether oxygens (including phenoxy) is 1. The second kappa shape index (κ2) is 8.43. The van der Waals surface area contributed by atoms with Crippen LogP contribution in [-0.2, 0) is 10.5 Å². The zero-order valence-electron chi connectivity index (χ0n) is 14.0. The number of hydrogen-bond acceptors (Lipinski definition) is 8. The van der Waals surface area contributed by atoms with Crippen molar-refractivity contribution in [1.29, 1.82) is 0 Å². The van der Waals surface area contributed by atoms with Crippen molar-refractivity contribution >= 4 is 51.4 Å². The molecule has 3 rings (SSSR count). The number of benzene rings is 1. The van der Waals surface area contributed by atoms with E-state index in [1.807, 2.05) is 25.1 Å². The van der Waals surface area contributed by atoms with Crippen LogP contribution in [0.1, 0.15) is 30.5 Å². The first-order valence-electron chi connectivity index (χ1n) is 7.56. The Bertz CT molecular complexity index is 919. The number of rotatable bonds is 6. The fraction of sp³-hybridized carbons (Fsp3) is 0.176. The molecule has 0 atom stereocenters. The normalized spacial score (nSPS) is 10.5. The maximum atomic E-state index is 12.1. The lowest BCUT2D eigenvalue weighted by molar-refractivity contribution is 0.0600. The molecule has 2 heterocycles. The Kier molecular flexibility index (Phi) is 6.02. The standard InChI is InChI=1S/C17H15N3O3S3/c1-10-3-8-13(25-10)14(21)18-16-19-20-17(26-16)24-9-11-4-6-12(7-5-11)15(22)23-2/h3-8H,9H2,1-2H3,(H,18,19,21). The molecule has 26 heavy (non-hydrogen) atoms. The van der Waals surface area contributed by atoms with E-state index in [1.165, 1.54) is 41.5 Å². The first kappa shape index (κ1) is 18.6. The van der Waals surface area contributed by atoms with Gasteiger partial charge in [-0.15, -0.1) is 21.5 Å². The molecule has 0 aliphatic rings. The molecule has 0 saturated heterocycles. The molecule has 0 bridgehead atoms. The Balaban J connectivity index is 1.55.